The van der Waals surface area contributed by atoms with E-state index in [2.05, 4.69) is 5.32 Å². The molecular weight excluding hydrogens is 400 g/mol. The largest absolute Gasteiger partial charge is 0.323 e. The van der Waals surface area contributed by atoms with Crippen LogP contribution in [-0.2, 0) is 14.8 Å². The number of carbonyl (C=O) groups is 1. The zero-order valence-corrected chi connectivity index (χ0v) is 15.3. The molecule has 150 valence electrons. The third-order valence-electron chi connectivity index (χ3n) is 4.57. The molecule has 0 radical (unpaired) electrons. The van der Waals surface area contributed by atoms with Crippen molar-refractivity contribution in [1.29, 1.82) is 0 Å². The maximum absolute atomic E-state index is 13.7. The van der Waals surface area contributed by atoms with Crippen molar-refractivity contribution in [3.8, 4) is 0 Å². The van der Waals surface area contributed by atoms with Crippen LogP contribution in [0.2, 0.25) is 0 Å². The van der Waals surface area contributed by atoms with Crippen molar-refractivity contribution in [3.63, 3.8) is 0 Å². The van der Waals surface area contributed by atoms with Crippen LogP contribution in [0.15, 0.2) is 41.3 Å². The molecule has 1 N–H and O–H groups in total. The monoisotopic (exact) mass is 416 g/mol. The Kier molecular flexibility index (Phi) is 5.71. The number of sulfonamides is 1. The van der Waals surface area contributed by atoms with E-state index in [-0.39, 0.29) is 30.8 Å². The first-order valence-corrected chi connectivity index (χ1v) is 9.84. The van der Waals surface area contributed by atoms with E-state index in [1.165, 1.54) is 4.31 Å². The summed E-state index contributed by atoms with van der Waals surface area (Å²) >= 11 is 0. The Morgan fingerprint density at radius 3 is 2.14 bits per heavy atom. The van der Waals surface area contributed by atoms with Gasteiger partial charge in [0.05, 0.1) is 10.6 Å². The molecule has 1 heterocycles. The van der Waals surface area contributed by atoms with Crippen molar-refractivity contribution in [2.45, 2.75) is 17.7 Å². The normalized spacial score (nSPS) is 16.1. The highest BCUT2D eigenvalue weighted by Gasteiger charge is 2.32. The predicted molar refractivity (Wildman–Crippen MR) is 92.8 cm³/mol. The van der Waals surface area contributed by atoms with Gasteiger partial charge < -0.3 is 5.32 Å². The first-order chi connectivity index (χ1) is 13.2. The Morgan fingerprint density at radius 1 is 0.929 bits per heavy atom. The molecule has 5 nitrogen and oxygen atoms in total. The third-order valence-corrected chi connectivity index (χ3v) is 6.48. The summed E-state index contributed by atoms with van der Waals surface area (Å²) in [5.74, 6) is -6.33. The van der Waals surface area contributed by atoms with E-state index < -0.39 is 50.8 Å². The van der Waals surface area contributed by atoms with Gasteiger partial charge in [-0.15, -0.1) is 0 Å². The minimum atomic E-state index is -3.82. The number of nitrogens with one attached hydrogen (secondary N) is 1. The highest BCUT2D eigenvalue weighted by molar-refractivity contribution is 7.89. The Balaban J connectivity index is 1.64. The maximum atomic E-state index is 13.7. The Bertz CT molecular complexity index is 989. The van der Waals surface area contributed by atoms with Crippen LogP contribution in [0.3, 0.4) is 0 Å². The second-order valence-corrected chi connectivity index (χ2v) is 8.28. The Labute approximate surface area is 159 Å². The van der Waals surface area contributed by atoms with Crippen LogP contribution in [0, 0.1) is 29.2 Å². The fourth-order valence-electron chi connectivity index (χ4n) is 2.97. The number of rotatable bonds is 4. The van der Waals surface area contributed by atoms with Crippen molar-refractivity contribution >= 4 is 21.6 Å². The highest BCUT2D eigenvalue weighted by atomic mass is 32.2. The number of nitrogens with zero attached hydrogens (tertiary/aromatic N) is 1. The van der Waals surface area contributed by atoms with E-state index in [4.69, 9.17) is 0 Å². The summed E-state index contributed by atoms with van der Waals surface area (Å²) in [5.41, 5.74) is -0.481. The van der Waals surface area contributed by atoms with E-state index in [1.807, 2.05) is 0 Å². The Morgan fingerprint density at radius 2 is 1.54 bits per heavy atom. The van der Waals surface area contributed by atoms with E-state index in [0.29, 0.717) is 6.07 Å². The SMILES string of the molecule is O=C(Nc1ccc(F)c(F)c1F)C1CCN(S(=O)(=O)c2ccc(F)cc2)CC1. The van der Waals surface area contributed by atoms with Gasteiger partial charge >= 0.3 is 0 Å². The highest BCUT2D eigenvalue weighted by Crippen LogP contribution is 2.26. The lowest BCUT2D eigenvalue weighted by Crippen LogP contribution is -2.41. The van der Waals surface area contributed by atoms with Crippen LogP contribution in [0.1, 0.15) is 12.8 Å². The number of hydrogen-bond donors (Lipinski definition) is 1. The average molecular weight is 416 g/mol. The molecule has 0 aromatic heterocycles. The summed E-state index contributed by atoms with van der Waals surface area (Å²) in [6.07, 6.45) is 0.328. The van der Waals surface area contributed by atoms with Crippen molar-refractivity contribution < 1.29 is 30.8 Å². The molecule has 1 amide bonds. The van der Waals surface area contributed by atoms with Gasteiger partial charge in [-0.05, 0) is 49.2 Å². The molecule has 1 aliphatic rings. The van der Waals surface area contributed by atoms with Crippen LogP contribution in [0.4, 0.5) is 23.2 Å². The number of anilines is 1. The second-order valence-electron chi connectivity index (χ2n) is 6.34. The number of benzene rings is 2. The topological polar surface area (TPSA) is 66.5 Å². The van der Waals surface area contributed by atoms with Crippen LogP contribution < -0.4 is 5.32 Å². The molecule has 0 unspecified atom stereocenters. The average Bonchev–Trinajstić information content (AvgIpc) is 2.69. The van der Waals surface area contributed by atoms with E-state index in [9.17, 15) is 30.8 Å². The summed E-state index contributed by atoms with van der Waals surface area (Å²) in [4.78, 5) is 12.2. The van der Waals surface area contributed by atoms with Crippen LogP contribution >= 0.6 is 0 Å². The summed E-state index contributed by atoms with van der Waals surface area (Å²) in [6.45, 7) is 0.0795. The fourth-order valence-corrected chi connectivity index (χ4v) is 4.44. The zero-order chi connectivity index (χ0) is 20.5. The number of piperidine rings is 1. The molecule has 28 heavy (non-hydrogen) atoms. The van der Waals surface area contributed by atoms with Crippen molar-refractivity contribution in [2.75, 3.05) is 18.4 Å². The first-order valence-electron chi connectivity index (χ1n) is 8.40. The summed E-state index contributed by atoms with van der Waals surface area (Å²) in [6, 6.07) is 6.03. The molecule has 2 aromatic carbocycles. The number of carbonyl (C=O) groups excluding carboxylic acids is 1. The summed E-state index contributed by atoms with van der Waals surface area (Å²) in [5, 5.41) is 2.21. The van der Waals surface area contributed by atoms with Crippen molar-refractivity contribution in [1.82, 2.24) is 4.31 Å². The lowest BCUT2D eigenvalue weighted by atomic mass is 9.97. The summed E-state index contributed by atoms with van der Waals surface area (Å²) in [7, 11) is -3.82. The van der Waals surface area contributed by atoms with Crippen LogP contribution in [-0.4, -0.2) is 31.7 Å². The van der Waals surface area contributed by atoms with Gasteiger partial charge in [-0.2, -0.15) is 4.31 Å². The minimum absolute atomic E-state index is 0.0397. The van der Waals surface area contributed by atoms with E-state index >= 15 is 0 Å². The molecule has 1 saturated heterocycles. The molecule has 0 saturated carbocycles. The third kappa shape index (κ3) is 4.02. The van der Waals surface area contributed by atoms with Gasteiger partial charge in [-0.25, -0.2) is 26.0 Å². The molecule has 1 aliphatic heterocycles. The van der Waals surface area contributed by atoms with Crippen molar-refractivity contribution in [3.05, 3.63) is 59.7 Å². The zero-order valence-electron chi connectivity index (χ0n) is 14.5. The first kappa shape index (κ1) is 20.3. The Hall–Kier alpha value is -2.46. The van der Waals surface area contributed by atoms with Crippen LogP contribution in [0.5, 0.6) is 0 Å². The van der Waals surface area contributed by atoms with Gasteiger partial charge in [0.2, 0.25) is 15.9 Å². The van der Waals surface area contributed by atoms with Gasteiger partial charge in [-0.3, -0.25) is 4.79 Å². The molecule has 0 aliphatic carbocycles. The molecule has 2 aromatic rings. The predicted octanol–water partition coefficient (Wildman–Crippen LogP) is 3.28. The number of halogens is 4. The number of amides is 1. The standard InChI is InChI=1S/C18H16F4N2O3S/c19-12-1-3-13(4-2-12)28(26,27)24-9-7-11(8-10-24)18(25)23-15-6-5-14(20)16(21)17(15)22/h1-6,11H,7-10H2,(H,23,25). The molecule has 1 fully saturated rings. The summed E-state index contributed by atoms with van der Waals surface area (Å²) < 4.78 is 79.2. The molecular formula is C18H16F4N2O3S. The van der Waals surface area contributed by atoms with Gasteiger partial charge in [0.25, 0.3) is 0 Å². The van der Waals surface area contributed by atoms with E-state index in [1.54, 1.807) is 0 Å². The van der Waals surface area contributed by atoms with Crippen LogP contribution in [0.25, 0.3) is 0 Å². The molecule has 0 atom stereocenters. The van der Waals surface area contributed by atoms with Gasteiger partial charge in [-0.1, -0.05) is 0 Å². The molecule has 3 rings (SSSR count). The van der Waals surface area contributed by atoms with Gasteiger partial charge in [0.15, 0.2) is 17.5 Å². The molecule has 10 heteroatoms. The quantitative estimate of drug-likeness (QED) is 0.615. The lowest BCUT2D eigenvalue weighted by Gasteiger charge is -2.30. The van der Waals surface area contributed by atoms with Gasteiger partial charge in [0, 0.05) is 19.0 Å². The van der Waals surface area contributed by atoms with E-state index in [0.717, 1.165) is 30.3 Å². The lowest BCUT2D eigenvalue weighted by molar-refractivity contribution is -0.120. The number of hydrogen-bond acceptors (Lipinski definition) is 3. The van der Waals surface area contributed by atoms with Crippen molar-refractivity contribution in [2.24, 2.45) is 5.92 Å². The maximum Gasteiger partial charge on any atom is 0.243 e. The second kappa shape index (κ2) is 7.88. The van der Waals surface area contributed by atoms with Gasteiger partial charge in [0.1, 0.15) is 5.82 Å². The minimum Gasteiger partial charge on any atom is -0.323 e. The molecule has 0 bridgehead atoms. The molecule has 0 spiro atoms. The fraction of sp³-hybridized carbons (Fsp3) is 0.278. The smallest absolute Gasteiger partial charge is 0.243 e.